The lowest BCUT2D eigenvalue weighted by Crippen LogP contribution is -2.49. The minimum Gasteiger partial charge on any atom is -0.491 e. The van der Waals surface area contributed by atoms with Crippen molar-refractivity contribution in [1.82, 2.24) is 15.1 Å². The molecule has 1 saturated heterocycles. The Morgan fingerprint density at radius 3 is 2.62 bits per heavy atom. The van der Waals surface area contributed by atoms with Crippen LogP contribution in [-0.4, -0.2) is 71.7 Å². The zero-order chi connectivity index (χ0) is 22.3. The van der Waals surface area contributed by atoms with Gasteiger partial charge < -0.3 is 23.9 Å². The van der Waals surface area contributed by atoms with E-state index in [1.54, 1.807) is 0 Å². The molecule has 3 aromatic rings. The van der Waals surface area contributed by atoms with Crippen LogP contribution in [0.4, 0.5) is 5.69 Å². The SMILES string of the molecule is CC(C)Oc1ccccc1N1CCN(CC(O)COc2cccc(-c3nnco3)c2)CC1. The predicted molar refractivity (Wildman–Crippen MR) is 122 cm³/mol. The lowest BCUT2D eigenvalue weighted by Gasteiger charge is -2.37. The van der Waals surface area contributed by atoms with Crippen molar-refractivity contribution in [3.63, 3.8) is 0 Å². The van der Waals surface area contributed by atoms with Crippen molar-refractivity contribution in [2.45, 2.75) is 26.1 Å². The molecule has 1 fully saturated rings. The van der Waals surface area contributed by atoms with Gasteiger partial charge in [-0.05, 0) is 44.2 Å². The molecule has 0 spiro atoms. The van der Waals surface area contributed by atoms with E-state index >= 15 is 0 Å². The Kier molecular flexibility index (Phi) is 7.24. The minimum atomic E-state index is -0.579. The van der Waals surface area contributed by atoms with Gasteiger partial charge >= 0.3 is 0 Å². The molecular formula is C24H30N4O4. The summed E-state index contributed by atoms with van der Waals surface area (Å²) in [6, 6.07) is 15.6. The molecule has 8 heteroatoms. The van der Waals surface area contributed by atoms with Crippen molar-refractivity contribution in [2.75, 3.05) is 44.2 Å². The number of β-amino-alcohol motifs (C(OH)–C–C–N with tert-alkyl or cyclic N) is 1. The molecule has 0 aliphatic carbocycles. The molecule has 1 N–H and O–H groups in total. The van der Waals surface area contributed by atoms with Gasteiger partial charge in [-0.1, -0.05) is 18.2 Å². The highest BCUT2D eigenvalue weighted by molar-refractivity contribution is 5.59. The van der Waals surface area contributed by atoms with Crippen molar-refractivity contribution in [1.29, 1.82) is 0 Å². The van der Waals surface area contributed by atoms with E-state index in [0.717, 1.165) is 43.2 Å². The van der Waals surface area contributed by atoms with Crippen molar-refractivity contribution in [3.05, 3.63) is 54.9 Å². The summed E-state index contributed by atoms with van der Waals surface area (Å²) in [6.07, 6.45) is 0.855. The fourth-order valence-electron chi connectivity index (χ4n) is 3.80. The van der Waals surface area contributed by atoms with Gasteiger partial charge in [-0.3, -0.25) is 4.90 Å². The Hall–Kier alpha value is -3.10. The van der Waals surface area contributed by atoms with Gasteiger partial charge in [0.05, 0.1) is 11.8 Å². The van der Waals surface area contributed by atoms with Crippen LogP contribution in [0.5, 0.6) is 11.5 Å². The van der Waals surface area contributed by atoms with E-state index in [1.807, 2.05) is 56.3 Å². The summed E-state index contributed by atoms with van der Waals surface area (Å²) in [7, 11) is 0. The predicted octanol–water partition coefficient (Wildman–Crippen LogP) is 3.09. The second kappa shape index (κ2) is 10.5. The van der Waals surface area contributed by atoms with Gasteiger partial charge in [-0.25, -0.2) is 0 Å². The van der Waals surface area contributed by atoms with Gasteiger partial charge in [0.25, 0.3) is 0 Å². The second-order valence-corrected chi connectivity index (χ2v) is 8.16. The number of piperazine rings is 1. The van der Waals surface area contributed by atoms with Crippen LogP contribution in [0.2, 0.25) is 0 Å². The molecule has 0 amide bonds. The third-order valence-corrected chi connectivity index (χ3v) is 5.29. The quantitative estimate of drug-likeness (QED) is 0.546. The van der Waals surface area contributed by atoms with Crippen LogP contribution in [0.25, 0.3) is 11.5 Å². The Morgan fingerprint density at radius 2 is 1.88 bits per heavy atom. The van der Waals surface area contributed by atoms with Crippen molar-refractivity contribution in [2.24, 2.45) is 0 Å². The standard InChI is InChI=1S/C24H30N4O4/c1-18(2)32-23-9-4-3-8-22(23)28-12-10-27(11-13-28)15-20(29)16-30-21-7-5-6-19(14-21)24-26-25-17-31-24/h3-9,14,17-18,20,29H,10-13,15-16H2,1-2H3. The van der Waals surface area contributed by atoms with Crippen LogP contribution in [0, 0.1) is 0 Å². The first kappa shape index (κ1) is 22.1. The van der Waals surface area contributed by atoms with Gasteiger partial charge in [0.15, 0.2) is 0 Å². The molecule has 0 radical (unpaired) electrons. The molecular weight excluding hydrogens is 408 g/mol. The van der Waals surface area contributed by atoms with Gasteiger partial charge in [0.2, 0.25) is 12.3 Å². The van der Waals surface area contributed by atoms with Gasteiger partial charge in [0.1, 0.15) is 24.2 Å². The molecule has 1 aromatic heterocycles. The fraction of sp³-hybridized carbons (Fsp3) is 0.417. The summed E-state index contributed by atoms with van der Waals surface area (Å²) in [4.78, 5) is 4.62. The average molecular weight is 439 g/mol. The number of benzene rings is 2. The average Bonchev–Trinajstić information content (AvgIpc) is 3.34. The maximum Gasteiger partial charge on any atom is 0.247 e. The maximum absolute atomic E-state index is 10.5. The third kappa shape index (κ3) is 5.77. The Bertz CT molecular complexity index is 972. The monoisotopic (exact) mass is 438 g/mol. The van der Waals surface area contributed by atoms with Crippen LogP contribution in [0.15, 0.2) is 59.3 Å². The smallest absolute Gasteiger partial charge is 0.247 e. The molecule has 0 saturated carbocycles. The number of rotatable bonds is 9. The summed E-state index contributed by atoms with van der Waals surface area (Å²) in [6.45, 7) is 8.40. The van der Waals surface area contributed by atoms with E-state index in [2.05, 4.69) is 26.1 Å². The van der Waals surface area contributed by atoms with Crippen LogP contribution < -0.4 is 14.4 Å². The second-order valence-electron chi connectivity index (χ2n) is 8.16. The fourth-order valence-corrected chi connectivity index (χ4v) is 3.80. The van der Waals surface area contributed by atoms with Crippen LogP contribution in [0.1, 0.15) is 13.8 Å². The van der Waals surface area contributed by atoms with Gasteiger partial charge in [-0.2, -0.15) is 0 Å². The van der Waals surface area contributed by atoms with E-state index in [9.17, 15) is 5.11 Å². The van der Waals surface area contributed by atoms with E-state index in [4.69, 9.17) is 13.9 Å². The summed E-state index contributed by atoms with van der Waals surface area (Å²) in [5, 5.41) is 18.1. The van der Waals surface area contributed by atoms with E-state index in [1.165, 1.54) is 6.39 Å². The minimum absolute atomic E-state index is 0.139. The van der Waals surface area contributed by atoms with Crippen molar-refractivity contribution >= 4 is 5.69 Å². The highest BCUT2D eigenvalue weighted by Gasteiger charge is 2.22. The number of hydrogen-bond acceptors (Lipinski definition) is 8. The Balaban J connectivity index is 1.25. The molecule has 170 valence electrons. The molecule has 0 bridgehead atoms. The van der Waals surface area contributed by atoms with Gasteiger partial charge in [-0.15, -0.1) is 10.2 Å². The highest BCUT2D eigenvalue weighted by atomic mass is 16.5. The molecule has 1 atom stereocenters. The molecule has 32 heavy (non-hydrogen) atoms. The molecule has 1 unspecified atom stereocenters. The van der Waals surface area contributed by atoms with Gasteiger partial charge in [0, 0.05) is 38.3 Å². The molecule has 8 nitrogen and oxygen atoms in total. The lowest BCUT2D eigenvalue weighted by molar-refractivity contribution is 0.0662. The maximum atomic E-state index is 10.5. The molecule has 1 aliphatic rings. The summed E-state index contributed by atoms with van der Waals surface area (Å²) in [5.41, 5.74) is 1.91. The molecule has 1 aliphatic heterocycles. The number of aromatic nitrogens is 2. The van der Waals surface area contributed by atoms with E-state index in [0.29, 0.717) is 18.2 Å². The van der Waals surface area contributed by atoms with E-state index < -0.39 is 6.10 Å². The zero-order valence-electron chi connectivity index (χ0n) is 18.6. The van der Waals surface area contributed by atoms with Crippen LogP contribution in [0.3, 0.4) is 0 Å². The highest BCUT2D eigenvalue weighted by Crippen LogP contribution is 2.29. The summed E-state index contributed by atoms with van der Waals surface area (Å²) < 4.78 is 17.0. The first-order valence-corrected chi connectivity index (χ1v) is 11.0. The largest absolute Gasteiger partial charge is 0.491 e. The van der Waals surface area contributed by atoms with Crippen LogP contribution >= 0.6 is 0 Å². The number of para-hydroxylation sites is 2. The number of aliphatic hydroxyl groups excluding tert-OH is 1. The first-order valence-electron chi connectivity index (χ1n) is 11.0. The number of hydrogen-bond donors (Lipinski definition) is 1. The Morgan fingerprint density at radius 1 is 1.06 bits per heavy atom. The molecule has 2 aromatic carbocycles. The summed E-state index contributed by atoms with van der Waals surface area (Å²) >= 11 is 0. The topological polar surface area (TPSA) is 84.1 Å². The van der Waals surface area contributed by atoms with E-state index in [-0.39, 0.29) is 12.7 Å². The first-order chi connectivity index (χ1) is 15.6. The normalized spacial score (nSPS) is 15.7. The number of aliphatic hydroxyl groups is 1. The van der Waals surface area contributed by atoms with Crippen LogP contribution in [-0.2, 0) is 0 Å². The molecule has 2 heterocycles. The van der Waals surface area contributed by atoms with Crippen molar-refractivity contribution in [3.8, 4) is 23.0 Å². The lowest BCUT2D eigenvalue weighted by atomic mass is 10.2. The molecule has 4 rings (SSSR count). The number of nitrogens with zero attached hydrogens (tertiary/aromatic N) is 4. The number of anilines is 1. The Labute approximate surface area is 188 Å². The number of ether oxygens (including phenoxy) is 2. The zero-order valence-corrected chi connectivity index (χ0v) is 18.6. The summed E-state index contributed by atoms with van der Waals surface area (Å²) in [5.74, 6) is 2.02. The van der Waals surface area contributed by atoms with Crippen molar-refractivity contribution < 1.29 is 19.0 Å². The third-order valence-electron chi connectivity index (χ3n) is 5.29.